The summed E-state index contributed by atoms with van der Waals surface area (Å²) in [5.41, 5.74) is -1.08. The summed E-state index contributed by atoms with van der Waals surface area (Å²) in [5.74, 6) is 1.22. The summed E-state index contributed by atoms with van der Waals surface area (Å²) in [6, 6.07) is 0. The quantitative estimate of drug-likeness (QED) is 0.457. The third kappa shape index (κ3) is 5.17. The first kappa shape index (κ1) is 24.2. The van der Waals surface area contributed by atoms with E-state index >= 15 is 0 Å². The van der Waals surface area contributed by atoms with E-state index in [2.05, 4.69) is 25.1 Å². The molecule has 0 spiro atoms. The van der Waals surface area contributed by atoms with Gasteiger partial charge in [-0.25, -0.2) is 15.1 Å². The van der Waals surface area contributed by atoms with E-state index in [0.717, 1.165) is 10.9 Å². The van der Waals surface area contributed by atoms with Crippen LogP contribution in [0.3, 0.4) is 0 Å². The molecule has 1 amide bonds. The number of hydrogen-bond acceptors (Lipinski definition) is 8. The minimum atomic E-state index is -4.78. The van der Waals surface area contributed by atoms with Gasteiger partial charge in [0.2, 0.25) is 11.9 Å². The molecule has 1 aliphatic heterocycles. The number of aromatic amines is 1. The average Bonchev–Trinajstić information content (AvgIpc) is 3.64. The standard InChI is InChI=1S/C22H25F3N8O3/c23-22(24,25)19-18-16(13-28-29-20(18)35)33(30-19)8-10-36-9-3-17(34)31-4-6-32(7-5-31)21-26-11-15(12-27-21)14-1-2-14/h11-14H,1-10H2,(H,29,35). The molecule has 5 rings (SSSR count). The third-order valence-electron chi connectivity index (χ3n) is 6.37. The molecule has 4 heterocycles. The normalized spacial score (nSPS) is 16.6. The molecule has 192 valence electrons. The maximum absolute atomic E-state index is 13.3. The predicted molar refractivity (Wildman–Crippen MR) is 121 cm³/mol. The van der Waals surface area contributed by atoms with Gasteiger partial charge < -0.3 is 14.5 Å². The summed E-state index contributed by atoms with van der Waals surface area (Å²) in [6.07, 6.45) is 2.67. The van der Waals surface area contributed by atoms with Crippen molar-refractivity contribution in [3.8, 4) is 0 Å². The van der Waals surface area contributed by atoms with Crippen molar-refractivity contribution >= 4 is 22.8 Å². The number of ether oxygens (including phenoxy) is 1. The smallest absolute Gasteiger partial charge is 0.379 e. The van der Waals surface area contributed by atoms with E-state index in [1.807, 2.05) is 17.5 Å². The Balaban J connectivity index is 1.06. The van der Waals surface area contributed by atoms with E-state index in [1.165, 1.54) is 18.4 Å². The summed E-state index contributed by atoms with van der Waals surface area (Å²) in [5, 5.41) is 8.53. The molecular formula is C22H25F3N8O3. The lowest BCUT2D eigenvalue weighted by molar-refractivity contribution is -0.140. The number of alkyl halides is 3. The molecule has 1 aliphatic carbocycles. The highest BCUT2D eigenvalue weighted by molar-refractivity contribution is 5.80. The first-order valence-electron chi connectivity index (χ1n) is 11.7. The molecule has 1 saturated carbocycles. The second kappa shape index (κ2) is 9.84. The highest BCUT2D eigenvalue weighted by Crippen LogP contribution is 2.39. The van der Waals surface area contributed by atoms with Crippen molar-refractivity contribution in [1.29, 1.82) is 0 Å². The number of piperazine rings is 1. The Labute approximate surface area is 203 Å². The van der Waals surface area contributed by atoms with Gasteiger partial charge in [0.05, 0.1) is 37.9 Å². The van der Waals surface area contributed by atoms with Crippen LogP contribution in [0.2, 0.25) is 0 Å². The Hall–Kier alpha value is -3.55. The van der Waals surface area contributed by atoms with Crippen molar-refractivity contribution in [2.75, 3.05) is 44.3 Å². The van der Waals surface area contributed by atoms with Crippen LogP contribution in [0.5, 0.6) is 0 Å². The Morgan fingerprint density at radius 3 is 2.47 bits per heavy atom. The molecule has 11 nitrogen and oxygen atoms in total. The van der Waals surface area contributed by atoms with Crippen molar-refractivity contribution in [2.45, 2.75) is 37.9 Å². The van der Waals surface area contributed by atoms with Crippen molar-refractivity contribution in [1.82, 2.24) is 34.8 Å². The van der Waals surface area contributed by atoms with Crippen LogP contribution < -0.4 is 10.5 Å². The van der Waals surface area contributed by atoms with Gasteiger partial charge in [-0.1, -0.05) is 0 Å². The van der Waals surface area contributed by atoms with Gasteiger partial charge >= 0.3 is 6.18 Å². The van der Waals surface area contributed by atoms with E-state index in [1.54, 1.807) is 4.90 Å². The summed E-state index contributed by atoms with van der Waals surface area (Å²) in [4.78, 5) is 37.1. The zero-order valence-electron chi connectivity index (χ0n) is 19.4. The van der Waals surface area contributed by atoms with Crippen LogP contribution >= 0.6 is 0 Å². The van der Waals surface area contributed by atoms with Crippen LogP contribution in [-0.4, -0.2) is 80.1 Å². The summed E-state index contributed by atoms with van der Waals surface area (Å²) in [6.45, 7) is 2.49. The zero-order valence-corrected chi connectivity index (χ0v) is 19.4. The van der Waals surface area contributed by atoms with E-state index in [9.17, 15) is 22.8 Å². The number of hydrogen-bond donors (Lipinski definition) is 1. The number of H-pyrrole nitrogens is 1. The third-order valence-corrected chi connectivity index (χ3v) is 6.37. The van der Waals surface area contributed by atoms with Crippen LogP contribution in [0.4, 0.5) is 19.1 Å². The predicted octanol–water partition coefficient (Wildman–Crippen LogP) is 1.56. The highest BCUT2D eigenvalue weighted by atomic mass is 19.4. The Morgan fingerprint density at radius 1 is 1.08 bits per heavy atom. The van der Waals surface area contributed by atoms with Crippen molar-refractivity contribution in [2.24, 2.45) is 0 Å². The van der Waals surface area contributed by atoms with Gasteiger partial charge in [-0.3, -0.25) is 14.3 Å². The first-order valence-corrected chi connectivity index (χ1v) is 11.7. The fraction of sp³-hybridized carbons (Fsp3) is 0.545. The lowest BCUT2D eigenvalue weighted by Crippen LogP contribution is -2.49. The highest BCUT2D eigenvalue weighted by Gasteiger charge is 2.38. The number of anilines is 1. The lowest BCUT2D eigenvalue weighted by atomic mass is 10.2. The van der Waals surface area contributed by atoms with Gasteiger partial charge in [0.1, 0.15) is 5.39 Å². The molecule has 14 heteroatoms. The summed E-state index contributed by atoms with van der Waals surface area (Å²) >= 11 is 0. The number of carbonyl (C=O) groups excluding carboxylic acids is 1. The Kier molecular flexibility index (Phi) is 6.60. The largest absolute Gasteiger partial charge is 0.435 e. The number of nitrogens with one attached hydrogen (secondary N) is 1. The van der Waals surface area contributed by atoms with Crippen molar-refractivity contribution in [3.05, 3.63) is 40.2 Å². The molecule has 3 aromatic heterocycles. The minimum absolute atomic E-state index is 0.0237. The minimum Gasteiger partial charge on any atom is -0.379 e. The molecule has 2 fully saturated rings. The number of amides is 1. The van der Waals surface area contributed by atoms with Gasteiger partial charge in [0.25, 0.3) is 5.56 Å². The molecule has 0 aromatic carbocycles. The van der Waals surface area contributed by atoms with E-state index < -0.39 is 22.8 Å². The molecule has 0 atom stereocenters. The first-order chi connectivity index (χ1) is 17.3. The maximum Gasteiger partial charge on any atom is 0.435 e. The number of carbonyl (C=O) groups is 1. The number of halogens is 3. The molecule has 0 bridgehead atoms. The van der Waals surface area contributed by atoms with Crippen LogP contribution in [0.15, 0.2) is 23.4 Å². The lowest BCUT2D eigenvalue weighted by Gasteiger charge is -2.34. The zero-order chi connectivity index (χ0) is 25.3. The fourth-order valence-corrected chi connectivity index (χ4v) is 4.26. The van der Waals surface area contributed by atoms with E-state index in [4.69, 9.17) is 4.74 Å². The van der Waals surface area contributed by atoms with Crippen molar-refractivity contribution in [3.63, 3.8) is 0 Å². The molecule has 1 saturated heterocycles. The average molecular weight is 506 g/mol. The van der Waals surface area contributed by atoms with Crippen LogP contribution in [-0.2, 0) is 22.3 Å². The van der Waals surface area contributed by atoms with Gasteiger partial charge in [0, 0.05) is 38.6 Å². The van der Waals surface area contributed by atoms with Crippen LogP contribution in [0, 0.1) is 0 Å². The molecule has 0 radical (unpaired) electrons. The van der Waals surface area contributed by atoms with Crippen LogP contribution in [0.1, 0.15) is 36.4 Å². The van der Waals surface area contributed by atoms with Gasteiger partial charge in [-0.05, 0) is 24.3 Å². The van der Waals surface area contributed by atoms with Crippen LogP contribution in [0.25, 0.3) is 10.9 Å². The summed E-state index contributed by atoms with van der Waals surface area (Å²) in [7, 11) is 0. The van der Waals surface area contributed by atoms with Gasteiger partial charge in [-0.2, -0.15) is 23.4 Å². The second-order valence-electron chi connectivity index (χ2n) is 8.85. The fourth-order valence-electron chi connectivity index (χ4n) is 4.26. The number of aromatic nitrogens is 6. The number of rotatable bonds is 8. The molecular weight excluding hydrogens is 481 g/mol. The van der Waals surface area contributed by atoms with Gasteiger partial charge in [-0.15, -0.1) is 0 Å². The molecule has 0 unspecified atom stereocenters. The Morgan fingerprint density at radius 2 is 1.81 bits per heavy atom. The van der Waals surface area contributed by atoms with Gasteiger partial charge in [0.15, 0.2) is 5.69 Å². The molecule has 3 aromatic rings. The summed E-state index contributed by atoms with van der Waals surface area (Å²) < 4.78 is 46.3. The Bertz CT molecular complexity index is 1280. The molecule has 1 N–H and O–H groups in total. The number of nitrogens with zero attached hydrogens (tertiary/aromatic N) is 7. The monoisotopic (exact) mass is 506 g/mol. The topological polar surface area (TPSA) is 122 Å². The van der Waals surface area contributed by atoms with E-state index in [0.29, 0.717) is 38.0 Å². The second-order valence-corrected chi connectivity index (χ2v) is 8.85. The SMILES string of the molecule is O=C(CCOCCn1nc(C(F)(F)F)c2c(=O)[nH]ncc21)N1CCN(c2ncc(C3CC3)cn2)CC1. The molecule has 36 heavy (non-hydrogen) atoms. The van der Waals surface area contributed by atoms with Crippen molar-refractivity contribution < 1.29 is 22.7 Å². The molecule has 2 aliphatic rings. The number of fused-ring (bicyclic) bond motifs is 1. The maximum atomic E-state index is 13.3. The van der Waals surface area contributed by atoms with E-state index in [-0.39, 0.29) is 37.6 Å².